The van der Waals surface area contributed by atoms with Crippen molar-refractivity contribution in [3.05, 3.63) is 24.2 Å². The monoisotopic (exact) mass is 247 g/mol. The molecule has 0 fully saturated rings. The number of terminal acetylenes is 1. The summed E-state index contributed by atoms with van der Waals surface area (Å²) in [6.45, 7) is 5.38. The van der Waals surface area contributed by atoms with Crippen LogP contribution in [0.3, 0.4) is 0 Å². The summed E-state index contributed by atoms with van der Waals surface area (Å²) in [5.41, 5.74) is 0. The van der Waals surface area contributed by atoms with Crippen LogP contribution < -0.4 is 10.6 Å². The molecule has 2 N–H and O–H groups in total. The van der Waals surface area contributed by atoms with Gasteiger partial charge in [-0.15, -0.1) is 6.42 Å². The highest BCUT2D eigenvalue weighted by Crippen LogP contribution is 2.00. The van der Waals surface area contributed by atoms with Gasteiger partial charge in [-0.2, -0.15) is 0 Å². The second kappa shape index (κ2) is 8.24. The summed E-state index contributed by atoms with van der Waals surface area (Å²) in [6.07, 6.45) is 8.73. The molecule has 0 amide bonds. The number of hydrogen-bond acceptors (Lipinski definition) is 2. The van der Waals surface area contributed by atoms with Crippen LogP contribution in [0.4, 0.5) is 0 Å². The third-order valence-corrected chi connectivity index (χ3v) is 2.56. The zero-order valence-electron chi connectivity index (χ0n) is 11.1. The second-order valence-electron chi connectivity index (χ2n) is 4.07. The third-order valence-electron chi connectivity index (χ3n) is 2.56. The van der Waals surface area contributed by atoms with Crippen molar-refractivity contribution >= 4 is 5.96 Å². The van der Waals surface area contributed by atoms with Crippen molar-refractivity contribution in [1.29, 1.82) is 0 Å². The van der Waals surface area contributed by atoms with Crippen LogP contribution in [0.15, 0.2) is 27.8 Å². The maximum atomic E-state index is 5.26. The van der Waals surface area contributed by atoms with Gasteiger partial charge in [-0.05, 0) is 25.5 Å². The van der Waals surface area contributed by atoms with Crippen molar-refractivity contribution < 1.29 is 4.42 Å². The van der Waals surface area contributed by atoms with Gasteiger partial charge in [-0.25, -0.2) is 0 Å². The normalized spacial score (nSPS) is 12.8. The van der Waals surface area contributed by atoms with Crippen molar-refractivity contribution in [2.24, 2.45) is 4.99 Å². The van der Waals surface area contributed by atoms with Gasteiger partial charge in [-0.3, -0.25) is 4.99 Å². The lowest BCUT2D eigenvalue weighted by molar-refractivity contribution is 0.510. The minimum Gasteiger partial charge on any atom is -0.469 e. The summed E-state index contributed by atoms with van der Waals surface area (Å²) in [4.78, 5) is 4.46. The Balaban J connectivity index is 2.44. The first kappa shape index (κ1) is 14.2. The topological polar surface area (TPSA) is 49.6 Å². The SMILES string of the molecule is C#CCNC(=NCCc1ccco1)NC(C)CC. The van der Waals surface area contributed by atoms with E-state index in [1.165, 1.54) is 0 Å². The molecule has 4 heteroatoms. The molecule has 0 aliphatic rings. The zero-order chi connectivity index (χ0) is 13.2. The average molecular weight is 247 g/mol. The number of rotatable bonds is 6. The molecule has 0 saturated carbocycles. The molecule has 4 nitrogen and oxygen atoms in total. The summed E-state index contributed by atoms with van der Waals surface area (Å²) >= 11 is 0. The molecule has 0 saturated heterocycles. The predicted molar refractivity (Wildman–Crippen MR) is 74.4 cm³/mol. The molecule has 0 aromatic carbocycles. The Kier molecular flexibility index (Phi) is 6.49. The lowest BCUT2D eigenvalue weighted by Crippen LogP contribution is -2.42. The van der Waals surface area contributed by atoms with E-state index in [0.717, 1.165) is 24.6 Å². The van der Waals surface area contributed by atoms with E-state index in [0.29, 0.717) is 19.1 Å². The van der Waals surface area contributed by atoms with E-state index < -0.39 is 0 Å². The number of aliphatic imine (C=N–C) groups is 1. The largest absolute Gasteiger partial charge is 0.469 e. The number of guanidine groups is 1. The highest BCUT2D eigenvalue weighted by molar-refractivity contribution is 5.80. The van der Waals surface area contributed by atoms with Crippen LogP contribution in [0, 0.1) is 12.3 Å². The smallest absolute Gasteiger partial charge is 0.192 e. The van der Waals surface area contributed by atoms with Gasteiger partial charge in [0.1, 0.15) is 5.76 Å². The minimum atomic E-state index is 0.373. The van der Waals surface area contributed by atoms with Gasteiger partial charge in [0.25, 0.3) is 0 Å². The molecule has 98 valence electrons. The predicted octanol–water partition coefficient (Wildman–Crippen LogP) is 1.79. The summed E-state index contributed by atoms with van der Waals surface area (Å²) in [6, 6.07) is 4.21. The van der Waals surface area contributed by atoms with Crippen LogP contribution in [0.5, 0.6) is 0 Å². The quantitative estimate of drug-likeness (QED) is 0.458. The first-order valence-electron chi connectivity index (χ1n) is 6.27. The minimum absolute atomic E-state index is 0.373. The molecule has 1 heterocycles. The number of nitrogens with one attached hydrogen (secondary N) is 2. The molecule has 0 aliphatic heterocycles. The van der Waals surface area contributed by atoms with Crippen LogP contribution in [0.25, 0.3) is 0 Å². The van der Waals surface area contributed by atoms with Crippen molar-refractivity contribution in [2.45, 2.75) is 32.7 Å². The molecule has 1 atom stereocenters. The first-order valence-corrected chi connectivity index (χ1v) is 6.27. The highest BCUT2D eigenvalue weighted by Gasteiger charge is 2.02. The van der Waals surface area contributed by atoms with Gasteiger partial charge in [0.05, 0.1) is 12.8 Å². The molecule has 1 aromatic rings. The van der Waals surface area contributed by atoms with Gasteiger partial charge in [0.15, 0.2) is 5.96 Å². The molecule has 0 radical (unpaired) electrons. The van der Waals surface area contributed by atoms with Crippen LogP contribution in [-0.4, -0.2) is 25.1 Å². The molecular weight excluding hydrogens is 226 g/mol. The van der Waals surface area contributed by atoms with E-state index >= 15 is 0 Å². The van der Waals surface area contributed by atoms with Gasteiger partial charge in [0, 0.05) is 19.0 Å². The summed E-state index contributed by atoms with van der Waals surface area (Å²) in [7, 11) is 0. The molecular formula is C14H21N3O. The Hall–Kier alpha value is -1.89. The number of nitrogens with zero attached hydrogens (tertiary/aromatic N) is 1. The van der Waals surface area contributed by atoms with Crippen molar-refractivity contribution in [3.8, 4) is 12.3 Å². The van der Waals surface area contributed by atoms with E-state index in [2.05, 4.69) is 35.4 Å². The fraction of sp³-hybridized carbons (Fsp3) is 0.500. The fourth-order valence-corrected chi connectivity index (χ4v) is 1.36. The van der Waals surface area contributed by atoms with Crippen molar-refractivity contribution in [2.75, 3.05) is 13.1 Å². The average Bonchev–Trinajstić information content (AvgIpc) is 2.88. The fourth-order valence-electron chi connectivity index (χ4n) is 1.36. The van der Waals surface area contributed by atoms with Crippen LogP contribution in [-0.2, 0) is 6.42 Å². The van der Waals surface area contributed by atoms with Gasteiger partial charge in [-0.1, -0.05) is 12.8 Å². The molecule has 1 rings (SSSR count). The Morgan fingerprint density at radius 3 is 3.06 bits per heavy atom. The molecule has 18 heavy (non-hydrogen) atoms. The maximum Gasteiger partial charge on any atom is 0.192 e. The first-order chi connectivity index (χ1) is 8.76. The maximum absolute atomic E-state index is 5.26. The standard InChI is InChI=1S/C14H21N3O/c1-4-9-15-14(17-12(3)5-2)16-10-8-13-7-6-11-18-13/h1,6-7,11-12H,5,8-10H2,2-3H3,(H2,15,16,17). The summed E-state index contributed by atoms with van der Waals surface area (Å²) in [5.74, 6) is 4.24. The lowest BCUT2D eigenvalue weighted by atomic mass is 10.3. The third kappa shape index (κ3) is 5.44. The van der Waals surface area contributed by atoms with E-state index in [4.69, 9.17) is 10.8 Å². The molecule has 1 unspecified atom stereocenters. The van der Waals surface area contributed by atoms with Crippen LogP contribution in [0.2, 0.25) is 0 Å². The number of furan rings is 1. The van der Waals surface area contributed by atoms with Gasteiger partial charge >= 0.3 is 0 Å². The summed E-state index contributed by atoms with van der Waals surface area (Å²) < 4.78 is 5.26. The molecule has 0 spiro atoms. The van der Waals surface area contributed by atoms with E-state index in [1.54, 1.807) is 6.26 Å². The van der Waals surface area contributed by atoms with Gasteiger partial charge in [0.2, 0.25) is 0 Å². The Morgan fingerprint density at radius 1 is 1.61 bits per heavy atom. The van der Waals surface area contributed by atoms with Gasteiger partial charge < -0.3 is 15.1 Å². The molecule has 0 bridgehead atoms. The highest BCUT2D eigenvalue weighted by atomic mass is 16.3. The second-order valence-corrected chi connectivity index (χ2v) is 4.07. The van der Waals surface area contributed by atoms with Crippen molar-refractivity contribution in [3.63, 3.8) is 0 Å². The van der Waals surface area contributed by atoms with Crippen LogP contribution in [0.1, 0.15) is 26.0 Å². The molecule has 0 aliphatic carbocycles. The summed E-state index contributed by atoms with van der Waals surface area (Å²) in [5, 5.41) is 6.38. The Morgan fingerprint density at radius 2 is 2.44 bits per heavy atom. The molecule has 1 aromatic heterocycles. The van der Waals surface area contributed by atoms with E-state index in [9.17, 15) is 0 Å². The lowest BCUT2D eigenvalue weighted by Gasteiger charge is -2.15. The van der Waals surface area contributed by atoms with Crippen molar-refractivity contribution in [1.82, 2.24) is 10.6 Å². The zero-order valence-corrected chi connectivity index (χ0v) is 11.1. The number of hydrogen-bond donors (Lipinski definition) is 2. The van der Waals surface area contributed by atoms with E-state index in [1.807, 2.05) is 12.1 Å². The van der Waals surface area contributed by atoms with E-state index in [-0.39, 0.29) is 0 Å². The van der Waals surface area contributed by atoms with Crippen LogP contribution >= 0.6 is 0 Å². The Bertz CT molecular complexity index is 390. The Labute approximate surface area is 109 Å².